The van der Waals surface area contributed by atoms with Crippen molar-refractivity contribution in [1.82, 2.24) is 4.90 Å². The Morgan fingerprint density at radius 1 is 0.943 bits per heavy atom. The van der Waals surface area contributed by atoms with Gasteiger partial charge in [0.25, 0.3) is 0 Å². The van der Waals surface area contributed by atoms with Crippen LogP contribution in [0.4, 0.5) is 11.4 Å². The third kappa shape index (κ3) is 5.81. The number of likely N-dealkylation sites (tertiary alicyclic amines) is 1. The monoisotopic (exact) mass is 473 g/mol. The third-order valence-corrected chi connectivity index (χ3v) is 6.40. The molecule has 1 heterocycles. The van der Waals surface area contributed by atoms with Crippen LogP contribution in [0.15, 0.2) is 72.8 Å². The molecule has 182 valence electrons. The average molecular weight is 474 g/mol. The van der Waals surface area contributed by atoms with Crippen LogP contribution < -0.4 is 15.4 Å². The van der Waals surface area contributed by atoms with Gasteiger partial charge in [0.15, 0.2) is 0 Å². The minimum absolute atomic E-state index is 0.0469. The van der Waals surface area contributed by atoms with Gasteiger partial charge in [-0.05, 0) is 68.2 Å². The summed E-state index contributed by atoms with van der Waals surface area (Å²) in [5, 5.41) is 15.8. The first-order valence-electron chi connectivity index (χ1n) is 11.8. The minimum atomic E-state index is -0.497. The number of nitrogens with zero attached hydrogens (tertiary/aromatic N) is 1. The van der Waals surface area contributed by atoms with Gasteiger partial charge in [-0.2, -0.15) is 0 Å². The molecule has 7 nitrogen and oxygen atoms in total. The number of aryl methyl sites for hydroxylation is 1. The molecule has 1 saturated heterocycles. The lowest BCUT2D eigenvalue weighted by Gasteiger charge is -2.36. The lowest BCUT2D eigenvalue weighted by atomic mass is 9.93. The van der Waals surface area contributed by atoms with Crippen molar-refractivity contribution >= 4 is 23.2 Å². The number of carbonyl (C=O) groups excluding carboxylic acids is 2. The van der Waals surface area contributed by atoms with E-state index in [1.165, 1.54) is 0 Å². The zero-order valence-corrected chi connectivity index (χ0v) is 20.0. The van der Waals surface area contributed by atoms with Crippen molar-refractivity contribution in [3.05, 3.63) is 83.9 Å². The highest BCUT2D eigenvalue weighted by Gasteiger charge is 2.33. The Balaban J connectivity index is 1.48. The molecule has 7 heteroatoms. The first-order valence-corrected chi connectivity index (χ1v) is 11.8. The van der Waals surface area contributed by atoms with Crippen molar-refractivity contribution in [2.45, 2.75) is 25.8 Å². The summed E-state index contributed by atoms with van der Waals surface area (Å²) in [5.41, 5.74) is 2.96. The summed E-state index contributed by atoms with van der Waals surface area (Å²) >= 11 is 0. The van der Waals surface area contributed by atoms with Gasteiger partial charge in [-0.25, -0.2) is 0 Å². The van der Waals surface area contributed by atoms with E-state index < -0.39 is 6.04 Å². The minimum Gasteiger partial charge on any atom is -0.506 e. The number of phenols is 1. The zero-order valence-electron chi connectivity index (χ0n) is 20.0. The molecule has 0 saturated carbocycles. The van der Waals surface area contributed by atoms with E-state index in [0.29, 0.717) is 43.1 Å². The van der Waals surface area contributed by atoms with Crippen LogP contribution in [-0.4, -0.2) is 42.0 Å². The van der Waals surface area contributed by atoms with Crippen molar-refractivity contribution in [3.8, 4) is 11.5 Å². The molecule has 2 amide bonds. The molecule has 1 fully saturated rings. The largest absolute Gasteiger partial charge is 0.506 e. The Bertz CT molecular complexity index is 1170. The van der Waals surface area contributed by atoms with Crippen LogP contribution in [0.25, 0.3) is 0 Å². The van der Waals surface area contributed by atoms with Crippen molar-refractivity contribution < 1.29 is 19.4 Å². The summed E-state index contributed by atoms with van der Waals surface area (Å²) < 4.78 is 5.44. The number of nitrogens with one attached hydrogen (secondary N) is 2. The van der Waals surface area contributed by atoms with Crippen LogP contribution >= 0.6 is 0 Å². The van der Waals surface area contributed by atoms with Crippen LogP contribution in [0.5, 0.6) is 11.5 Å². The molecule has 1 unspecified atom stereocenters. The van der Waals surface area contributed by atoms with E-state index in [4.69, 9.17) is 4.74 Å². The number of phenolic OH excluding ortho intramolecular Hbond substituents is 1. The number of anilines is 2. The SMILES string of the molecule is COc1ccc(C)cc1NC(=O)C(c1ccccc1)N1CCC(C(=O)Nc2ccccc2O)CC1. The highest BCUT2D eigenvalue weighted by atomic mass is 16.5. The number of methoxy groups -OCH3 is 1. The molecule has 1 aliphatic heterocycles. The number of hydrogen-bond acceptors (Lipinski definition) is 5. The Kier molecular flexibility index (Phi) is 7.67. The molecule has 1 atom stereocenters. The predicted octanol–water partition coefficient (Wildman–Crippen LogP) is 4.74. The fourth-order valence-electron chi connectivity index (χ4n) is 4.52. The third-order valence-electron chi connectivity index (χ3n) is 6.40. The molecule has 0 radical (unpaired) electrons. The Hall–Kier alpha value is -3.84. The van der Waals surface area contributed by atoms with E-state index in [1.54, 1.807) is 31.4 Å². The van der Waals surface area contributed by atoms with Gasteiger partial charge in [-0.15, -0.1) is 0 Å². The second-order valence-electron chi connectivity index (χ2n) is 8.82. The maximum Gasteiger partial charge on any atom is 0.246 e. The average Bonchev–Trinajstić information content (AvgIpc) is 2.87. The highest BCUT2D eigenvalue weighted by molar-refractivity contribution is 5.97. The van der Waals surface area contributed by atoms with E-state index in [0.717, 1.165) is 11.1 Å². The summed E-state index contributed by atoms with van der Waals surface area (Å²) in [4.78, 5) is 28.5. The normalized spacial score (nSPS) is 15.3. The van der Waals surface area contributed by atoms with E-state index in [9.17, 15) is 14.7 Å². The van der Waals surface area contributed by atoms with Crippen LogP contribution in [0.3, 0.4) is 0 Å². The Morgan fingerprint density at radius 3 is 2.31 bits per heavy atom. The zero-order chi connectivity index (χ0) is 24.8. The van der Waals surface area contributed by atoms with E-state index in [1.807, 2.05) is 55.5 Å². The van der Waals surface area contributed by atoms with Gasteiger partial charge in [0.1, 0.15) is 17.5 Å². The molecular weight excluding hydrogens is 442 g/mol. The predicted molar refractivity (Wildman–Crippen MR) is 137 cm³/mol. The van der Waals surface area contributed by atoms with Gasteiger partial charge in [0, 0.05) is 5.92 Å². The summed E-state index contributed by atoms with van der Waals surface area (Å²) in [6.07, 6.45) is 1.23. The van der Waals surface area contributed by atoms with E-state index in [-0.39, 0.29) is 23.5 Å². The van der Waals surface area contributed by atoms with Crippen LogP contribution in [-0.2, 0) is 9.59 Å². The van der Waals surface area contributed by atoms with Crippen molar-refractivity contribution in [3.63, 3.8) is 0 Å². The molecule has 35 heavy (non-hydrogen) atoms. The van der Waals surface area contributed by atoms with Gasteiger partial charge in [0.05, 0.1) is 18.5 Å². The lowest BCUT2D eigenvalue weighted by Crippen LogP contribution is -2.44. The molecule has 3 aromatic rings. The standard InChI is InChI=1S/C28H31N3O4/c1-19-12-13-25(35-2)23(18-19)30-28(34)26(20-8-4-3-5-9-20)31-16-14-21(15-17-31)27(33)29-22-10-6-7-11-24(22)32/h3-13,18,21,26,32H,14-17H2,1-2H3,(H,29,33)(H,30,34). The highest BCUT2D eigenvalue weighted by Crippen LogP contribution is 2.32. The number of rotatable bonds is 7. The number of hydrogen-bond donors (Lipinski definition) is 3. The number of aromatic hydroxyl groups is 1. The number of benzene rings is 3. The molecule has 3 N–H and O–H groups in total. The summed E-state index contributed by atoms with van der Waals surface area (Å²) in [5.74, 6) is 0.205. The molecular formula is C28H31N3O4. The number of ether oxygens (including phenoxy) is 1. The molecule has 1 aliphatic rings. The first-order chi connectivity index (χ1) is 17.0. The summed E-state index contributed by atoms with van der Waals surface area (Å²) in [6.45, 7) is 3.16. The summed E-state index contributed by atoms with van der Waals surface area (Å²) in [7, 11) is 1.58. The molecule has 3 aromatic carbocycles. The fraction of sp³-hybridized carbons (Fsp3) is 0.286. The molecule has 0 bridgehead atoms. The van der Waals surface area contributed by atoms with Gasteiger partial charge < -0.3 is 20.5 Å². The number of amides is 2. The Morgan fingerprint density at radius 2 is 1.63 bits per heavy atom. The van der Waals surface area contributed by atoms with E-state index >= 15 is 0 Å². The van der Waals surface area contributed by atoms with Gasteiger partial charge >= 0.3 is 0 Å². The maximum absolute atomic E-state index is 13.6. The van der Waals surface area contributed by atoms with E-state index in [2.05, 4.69) is 15.5 Å². The van der Waals surface area contributed by atoms with Crippen molar-refractivity contribution in [2.75, 3.05) is 30.8 Å². The van der Waals surface area contributed by atoms with Crippen LogP contribution in [0.2, 0.25) is 0 Å². The van der Waals surface area contributed by atoms with Crippen molar-refractivity contribution in [1.29, 1.82) is 0 Å². The van der Waals surface area contributed by atoms with Crippen LogP contribution in [0, 0.1) is 12.8 Å². The number of para-hydroxylation sites is 2. The quantitative estimate of drug-likeness (QED) is 0.431. The molecule has 0 aromatic heterocycles. The molecule has 4 rings (SSSR count). The first kappa shape index (κ1) is 24.3. The lowest BCUT2D eigenvalue weighted by molar-refractivity contribution is -0.124. The Labute approximate surface area is 205 Å². The van der Waals surface area contributed by atoms with Gasteiger partial charge in [-0.1, -0.05) is 48.5 Å². The second-order valence-corrected chi connectivity index (χ2v) is 8.82. The smallest absolute Gasteiger partial charge is 0.246 e. The van der Waals surface area contributed by atoms with Gasteiger partial charge in [-0.3, -0.25) is 14.5 Å². The van der Waals surface area contributed by atoms with Crippen molar-refractivity contribution in [2.24, 2.45) is 5.92 Å². The van der Waals surface area contributed by atoms with Crippen LogP contribution in [0.1, 0.15) is 30.0 Å². The number of piperidine rings is 1. The maximum atomic E-state index is 13.6. The number of carbonyl (C=O) groups is 2. The van der Waals surface area contributed by atoms with Gasteiger partial charge in [0.2, 0.25) is 11.8 Å². The summed E-state index contributed by atoms with van der Waals surface area (Å²) in [6, 6.07) is 21.6. The molecule has 0 spiro atoms. The topological polar surface area (TPSA) is 90.9 Å². The molecule has 0 aliphatic carbocycles. The fourth-order valence-corrected chi connectivity index (χ4v) is 4.52. The second kappa shape index (κ2) is 11.1.